The van der Waals surface area contributed by atoms with Crippen LogP contribution in [0.1, 0.15) is 30.9 Å². The second-order valence-electron chi connectivity index (χ2n) is 7.37. The smallest absolute Gasteiger partial charge is 0.243 e. The number of aromatic nitrogens is 2. The van der Waals surface area contributed by atoms with E-state index in [1.807, 2.05) is 0 Å². The molecule has 0 saturated heterocycles. The minimum absolute atomic E-state index is 0.0543. The van der Waals surface area contributed by atoms with Gasteiger partial charge in [-0.05, 0) is 24.1 Å². The van der Waals surface area contributed by atoms with E-state index in [4.69, 9.17) is 0 Å². The van der Waals surface area contributed by atoms with Gasteiger partial charge in [0.2, 0.25) is 5.91 Å². The monoisotopic (exact) mass is 430 g/mol. The lowest BCUT2D eigenvalue weighted by Gasteiger charge is -2.22. The number of fused-ring (bicyclic) bond motifs is 1. The maximum absolute atomic E-state index is 14.0. The fourth-order valence-corrected chi connectivity index (χ4v) is 3.65. The van der Waals surface area contributed by atoms with E-state index in [2.05, 4.69) is 16.7 Å². The van der Waals surface area contributed by atoms with Gasteiger partial charge in [-0.15, -0.1) is 0 Å². The largest absolute Gasteiger partial charge is 0.339 e. The van der Waals surface area contributed by atoms with Crippen LogP contribution in [-0.4, -0.2) is 26.7 Å². The zero-order valence-electron chi connectivity index (χ0n) is 16.4. The van der Waals surface area contributed by atoms with Crippen LogP contribution in [0, 0.1) is 23.3 Å². The van der Waals surface area contributed by atoms with Crippen LogP contribution < -0.4 is 0 Å². The van der Waals surface area contributed by atoms with Crippen molar-refractivity contribution in [3.63, 3.8) is 0 Å². The Labute approximate surface area is 175 Å². The van der Waals surface area contributed by atoms with E-state index in [-0.39, 0.29) is 30.8 Å². The van der Waals surface area contributed by atoms with Gasteiger partial charge in [0.25, 0.3) is 0 Å². The lowest BCUT2D eigenvalue weighted by molar-refractivity contribution is -0.133. The highest BCUT2D eigenvalue weighted by molar-refractivity contribution is 5.80. The topological polar surface area (TPSA) is 50.5 Å². The molecule has 160 valence electrons. The summed E-state index contributed by atoms with van der Waals surface area (Å²) in [5, 5.41) is 5.26. The number of benzene rings is 1. The molecule has 0 radical (unpaired) electrons. The lowest BCUT2D eigenvalue weighted by Crippen LogP contribution is -2.27. The lowest BCUT2D eigenvalue weighted by atomic mass is 10.0. The number of nitrogens with zero attached hydrogens (tertiary/aromatic N) is 4. The van der Waals surface area contributed by atoms with Gasteiger partial charge in [-0.2, -0.15) is 5.10 Å². The number of hydrogen-bond acceptors (Lipinski definition) is 3. The Bertz CT molecular complexity index is 1180. The molecule has 0 bridgehead atoms. The van der Waals surface area contributed by atoms with Gasteiger partial charge in [0.15, 0.2) is 5.82 Å². The van der Waals surface area contributed by atoms with Gasteiger partial charge < -0.3 is 4.57 Å². The molecular weight excluding hydrogens is 412 g/mol. The summed E-state index contributed by atoms with van der Waals surface area (Å²) >= 11 is 0. The highest BCUT2D eigenvalue weighted by Gasteiger charge is 2.28. The quantitative estimate of drug-likeness (QED) is 0.413. The minimum atomic E-state index is -0.722. The van der Waals surface area contributed by atoms with Gasteiger partial charge in [-0.25, -0.2) is 27.6 Å². The Morgan fingerprint density at radius 3 is 2.55 bits per heavy atom. The van der Waals surface area contributed by atoms with Crippen molar-refractivity contribution in [2.45, 2.75) is 31.8 Å². The van der Waals surface area contributed by atoms with Crippen molar-refractivity contribution in [3.8, 4) is 0 Å². The molecule has 0 fully saturated rings. The summed E-state index contributed by atoms with van der Waals surface area (Å²) in [5.41, 5.74) is 1.29. The second-order valence-corrected chi connectivity index (χ2v) is 7.37. The summed E-state index contributed by atoms with van der Waals surface area (Å²) in [4.78, 5) is 16.4. The molecule has 0 N–H and O–H groups in total. The Balaban J connectivity index is 1.41. The summed E-state index contributed by atoms with van der Waals surface area (Å²) in [5.74, 6) is -2.93. The third-order valence-electron chi connectivity index (χ3n) is 5.08. The molecule has 4 rings (SSSR count). The van der Waals surface area contributed by atoms with Crippen LogP contribution in [0.5, 0.6) is 0 Å². The Morgan fingerprint density at radius 1 is 1.06 bits per heavy atom. The zero-order chi connectivity index (χ0) is 22.1. The molecule has 31 heavy (non-hydrogen) atoms. The number of hydrazone groups is 1. The van der Waals surface area contributed by atoms with Crippen molar-refractivity contribution < 1.29 is 22.4 Å². The number of halogens is 4. The molecule has 0 saturated carbocycles. The van der Waals surface area contributed by atoms with Crippen molar-refractivity contribution in [3.05, 3.63) is 77.6 Å². The molecule has 0 spiro atoms. The first-order chi connectivity index (χ1) is 14.8. The minimum Gasteiger partial charge on any atom is -0.339 e. The average Bonchev–Trinajstić information content (AvgIpc) is 3.31. The number of hydrogen-bond donors (Lipinski definition) is 0. The fourth-order valence-electron chi connectivity index (χ4n) is 3.65. The molecule has 9 heteroatoms. The number of pyridine rings is 1. The molecule has 2 aromatic heterocycles. The Kier molecular flexibility index (Phi) is 5.58. The third kappa shape index (κ3) is 4.35. The third-order valence-corrected chi connectivity index (χ3v) is 5.08. The number of carbonyl (C=O) groups is 1. The molecule has 0 aliphatic carbocycles. The number of carbonyl (C=O) groups excluding carboxylic acids is 1. The first-order valence-corrected chi connectivity index (χ1v) is 9.59. The average molecular weight is 430 g/mol. The van der Waals surface area contributed by atoms with Crippen LogP contribution in [-0.2, 0) is 11.3 Å². The van der Waals surface area contributed by atoms with E-state index in [1.165, 1.54) is 40.2 Å². The van der Waals surface area contributed by atoms with Gasteiger partial charge in [0.1, 0.15) is 23.0 Å². The summed E-state index contributed by atoms with van der Waals surface area (Å²) < 4.78 is 56.1. The van der Waals surface area contributed by atoms with Gasteiger partial charge in [0, 0.05) is 43.9 Å². The molecule has 1 unspecified atom stereocenters. The highest BCUT2D eigenvalue weighted by atomic mass is 19.1. The van der Waals surface area contributed by atoms with Gasteiger partial charge in [0.05, 0.1) is 17.8 Å². The summed E-state index contributed by atoms with van der Waals surface area (Å²) in [6.07, 6.45) is 4.36. The van der Waals surface area contributed by atoms with E-state index in [0.29, 0.717) is 23.1 Å². The molecule has 3 aromatic rings. The molecule has 1 aliphatic rings. The zero-order valence-corrected chi connectivity index (χ0v) is 16.4. The molecule has 1 atom stereocenters. The maximum Gasteiger partial charge on any atom is 0.243 e. The maximum atomic E-state index is 14.0. The molecule has 1 aliphatic heterocycles. The van der Waals surface area contributed by atoms with Crippen LogP contribution in [0.2, 0.25) is 0 Å². The molecule has 1 aromatic carbocycles. The van der Waals surface area contributed by atoms with Crippen molar-refractivity contribution in [2.75, 3.05) is 0 Å². The standard InChI is InChI=1S/C22H18F4N4O/c1-13(11-29-12-18(26)22-20(29)9-17(25)10-27-22)2-3-21(31)30-19(4-5-28-30)14-6-15(23)8-16(24)7-14/h5-10,12,19H,1-4,11H2. The molecule has 3 heterocycles. The van der Waals surface area contributed by atoms with Crippen LogP contribution in [0.25, 0.3) is 11.0 Å². The first kappa shape index (κ1) is 20.8. The van der Waals surface area contributed by atoms with Gasteiger partial charge >= 0.3 is 0 Å². The second kappa shape index (κ2) is 8.33. The first-order valence-electron chi connectivity index (χ1n) is 9.59. The Morgan fingerprint density at radius 2 is 1.81 bits per heavy atom. The van der Waals surface area contributed by atoms with Crippen molar-refractivity contribution in [1.82, 2.24) is 14.6 Å². The van der Waals surface area contributed by atoms with Gasteiger partial charge in [-0.1, -0.05) is 12.2 Å². The van der Waals surface area contributed by atoms with Crippen LogP contribution in [0.15, 0.2) is 53.9 Å². The SMILES string of the molecule is C=C(CCC(=O)N1N=CCC1c1cc(F)cc(F)c1)Cn1cc(F)c2ncc(F)cc21. The van der Waals surface area contributed by atoms with E-state index in [0.717, 1.165) is 12.3 Å². The predicted molar refractivity (Wildman–Crippen MR) is 107 cm³/mol. The van der Waals surface area contributed by atoms with E-state index >= 15 is 0 Å². The number of allylic oxidation sites excluding steroid dienone is 1. The van der Waals surface area contributed by atoms with Crippen LogP contribution in [0.4, 0.5) is 17.6 Å². The van der Waals surface area contributed by atoms with Gasteiger partial charge in [-0.3, -0.25) is 4.79 Å². The number of rotatable bonds is 6. The fraction of sp³-hybridized carbons (Fsp3) is 0.227. The predicted octanol–water partition coefficient (Wildman–Crippen LogP) is 4.89. The van der Waals surface area contributed by atoms with E-state index in [1.54, 1.807) is 0 Å². The summed E-state index contributed by atoms with van der Waals surface area (Å²) in [6.45, 7) is 4.10. The number of amides is 1. The van der Waals surface area contributed by atoms with Crippen molar-refractivity contribution in [1.29, 1.82) is 0 Å². The molecule has 5 nitrogen and oxygen atoms in total. The van der Waals surface area contributed by atoms with Crippen LogP contribution in [0.3, 0.4) is 0 Å². The summed E-state index contributed by atoms with van der Waals surface area (Å²) in [6, 6.07) is 3.74. The van der Waals surface area contributed by atoms with Crippen molar-refractivity contribution >= 4 is 23.2 Å². The molecular formula is C22H18F4N4O. The Hall–Kier alpha value is -3.49. The highest BCUT2D eigenvalue weighted by Crippen LogP contribution is 2.30. The van der Waals surface area contributed by atoms with E-state index in [9.17, 15) is 22.4 Å². The normalized spacial score (nSPS) is 15.7. The van der Waals surface area contributed by atoms with E-state index < -0.39 is 29.3 Å². The summed E-state index contributed by atoms with van der Waals surface area (Å²) in [7, 11) is 0. The van der Waals surface area contributed by atoms with Crippen molar-refractivity contribution in [2.24, 2.45) is 5.10 Å². The molecule has 1 amide bonds. The van der Waals surface area contributed by atoms with Crippen LogP contribution >= 0.6 is 0 Å².